The summed E-state index contributed by atoms with van der Waals surface area (Å²) in [5.74, 6) is -1.55. The van der Waals surface area contributed by atoms with Gasteiger partial charge in [-0.15, -0.1) is 0 Å². The van der Waals surface area contributed by atoms with Gasteiger partial charge in [0.25, 0.3) is 5.91 Å². The summed E-state index contributed by atoms with van der Waals surface area (Å²) < 4.78 is 41.3. The van der Waals surface area contributed by atoms with Crippen molar-refractivity contribution < 1.29 is 22.4 Å². The highest BCUT2D eigenvalue weighted by Gasteiger charge is 2.46. The normalized spacial score (nSPS) is 16.8. The first-order chi connectivity index (χ1) is 14.9. The van der Waals surface area contributed by atoms with Crippen molar-refractivity contribution in [2.24, 2.45) is 0 Å². The minimum Gasteiger partial charge on any atom is -0.274 e. The van der Waals surface area contributed by atoms with Gasteiger partial charge in [-0.2, -0.15) is 4.31 Å². The van der Waals surface area contributed by atoms with Crippen molar-refractivity contribution in [3.8, 4) is 0 Å². The minimum atomic E-state index is -4.11. The number of amides is 2. The van der Waals surface area contributed by atoms with E-state index >= 15 is 0 Å². The molecule has 1 aliphatic heterocycles. The van der Waals surface area contributed by atoms with E-state index in [1.54, 1.807) is 48.5 Å². The molecule has 31 heavy (non-hydrogen) atoms. The average Bonchev–Trinajstić information content (AvgIpc) is 3.08. The summed E-state index contributed by atoms with van der Waals surface area (Å²) in [6.45, 7) is -0.177. The molecule has 0 radical (unpaired) electrons. The van der Waals surface area contributed by atoms with Gasteiger partial charge >= 0.3 is 0 Å². The number of carbonyl (C=O) groups excluding carboxylic acids is 2. The zero-order valence-electron chi connectivity index (χ0n) is 16.4. The molecule has 0 bridgehead atoms. The molecule has 3 aromatic rings. The van der Waals surface area contributed by atoms with Crippen molar-refractivity contribution in [3.63, 3.8) is 0 Å². The average molecular weight is 438 g/mol. The minimum absolute atomic E-state index is 0.00974. The molecule has 0 aliphatic carbocycles. The lowest BCUT2D eigenvalue weighted by molar-refractivity contribution is -0.122. The molecular formula is C23H19FN2O4S. The van der Waals surface area contributed by atoms with Crippen molar-refractivity contribution in [2.75, 3.05) is 4.90 Å². The molecule has 0 aromatic heterocycles. The Kier molecular flexibility index (Phi) is 5.67. The summed E-state index contributed by atoms with van der Waals surface area (Å²) in [6, 6.07) is 20.3. The smallest absolute Gasteiger partial charge is 0.252 e. The van der Waals surface area contributed by atoms with E-state index in [-0.39, 0.29) is 17.9 Å². The summed E-state index contributed by atoms with van der Waals surface area (Å²) in [5.41, 5.74) is 0.887. The summed E-state index contributed by atoms with van der Waals surface area (Å²) in [4.78, 5) is 26.9. The van der Waals surface area contributed by atoms with Crippen LogP contribution in [0.15, 0.2) is 89.8 Å². The Balaban J connectivity index is 1.75. The van der Waals surface area contributed by atoms with Gasteiger partial charge in [-0.1, -0.05) is 48.5 Å². The van der Waals surface area contributed by atoms with Crippen molar-refractivity contribution in [1.29, 1.82) is 0 Å². The highest BCUT2D eigenvalue weighted by molar-refractivity contribution is 7.89. The second kappa shape index (κ2) is 8.41. The van der Waals surface area contributed by atoms with Crippen LogP contribution < -0.4 is 4.90 Å². The molecule has 158 valence electrons. The Morgan fingerprint density at radius 1 is 0.871 bits per heavy atom. The van der Waals surface area contributed by atoms with Crippen molar-refractivity contribution in [3.05, 3.63) is 96.3 Å². The van der Waals surface area contributed by atoms with Gasteiger partial charge in [0.1, 0.15) is 11.9 Å². The molecule has 1 heterocycles. The van der Waals surface area contributed by atoms with Crippen LogP contribution in [0, 0.1) is 5.82 Å². The van der Waals surface area contributed by atoms with Gasteiger partial charge in [0.05, 0.1) is 17.0 Å². The molecular weight excluding hydrogens is 419 g/mol. The SMILES string of the molecule is O=C1CC(N(Cc2ccc(F)cc2)S(=O)(=O)c2ccccc2)C(=O)N1c1ccccc1. The van der Waals surface area contributed by atoms with E-state index in [9.17, 15) is 22.4 Å². The molecule has 0 spiro atoms. The molecule has 1 aliphatic rings. The van der Waals surface area contributed by atoms with Gasteiger partial charge in [-0.05, 0) is 42.0 Å². The van der Waals surface area contributed by atoms with Crippen LogP contribution in [0.2, 0.25) is 0 Å². The molecule has 4 rings (SSSR count). The Morgan fingerprint density at radius 3 is 2.06 bits per heavy atom. The highest BCUT2D eigenvalue weighted by Crippen LogP contribution is 2.30. The molecule has 3 aromatic carbocycles. The predicted molar refractivity (Wildman–Crippen MR) is 113 cm³/mol. The number of rotatable bonds is 6. The molecule has 1 atom stereocenters. The summed E-state index contributed by atoms with van der Waals surface area (Å²) >= 11 is 0. The molecule has 0 saturated carbocycles. The van der Waals surface area contributed by atoms with Gasteiger partial charge in [0.15, 0.2) is 0 Å². The van der Waals surface area contributed by atoms with Crippen molar-refractivity contribution >= 4 is 27.5 Å². The highest BCUT2D eigenvalue weighted by atomic mass is 32.2. The Labute approximate surface area is 179 Å². The fourth-order valence-corrected chi connectivity index (χ4v) is 5.14. The van der Waals surface area contributed by atoms with Gasteiger partial charge in [-0.25, -0.2) is 17.7 Å². The third-order valence-corrected chi connectivity index (χ3v) is 6.96. The zero-order valence-corrected chi connectivity index (χ0v) is 17.2. The van der Waals surface area contributed by atoms with Crippen LogP contribution in [0.3, 0.4) is 0 Å². The summed E-state index contributed by atoms with van der Waals surface area (Å²) in [6.07, 6.45) is -0.277. The van der Waals surface area contributed by atoms with E-state index in [0.717, 1.165) is 9.21 Å². The first kappa shape index (κ1) is 20.9. The first-order valence-corrected chi connectivity index (χ1v) is 11.0. The fraction of sp³-hybridized carbons (Fsp3) is 0.130. The van der Waals surface area contributed by atoms with Crippen LogP contribution in [0.5, 0.6) is 0 Å². The van der Waals surface area contributed by atoms with Crippen LogP contribution in [-0.4, -0.2) is 30.6 Å². The Hall–Kier alpha value is -3.36. The van der Waals surface area contributed by atoms with Crippen LogP contribution in [0.25, 0.3) is 0 Å². The second-order valence-corrected chi connectivity index (χ2v) is 9.00. The maximum absolute atomic E-state index is 13.5. The van der Waals surface area contributed by atoms with Gasteiger partial charge in [-0.3, -0.25) is 9.59 Å². The third kappa shape index (κ3) is 4.12. The van der Waals surface area contributed by atoms with Gasteiger partial charge < -0.3 is 0 Å². The molecule has 1 unspecified atom stereocenters. The van der Waals surface area contributed by atoms with E-state index in [2.05, 4.69) is 0 Å². The number of hydrogen-bond donors (Lipinski definition) is 0. The molecule has 6 nitrogen and oxygen atoms in total. The van der Waals surface area contributed by atoms with Crippen LogP contribution in [-0.2, 0) is 26.2 Å². The maximum Gasteiger partial charge on any atom is 0.252 e. The molecule has 2 amide bonds. The van der Waals surface area contributed by atoms with Crippen molar-refractivity contribution in [1.82, 2.24) is 4.31 Å². The Morgan fingerprint density at radius 2 is 1.45 bits per heavy atom. The number of halogens is 1. The summed E-state index contributed by atoms with van der Waals surface area (Å²) in [7, 11) is -4.11. The fourth-order valence-electron chi connectivity index (χ4n) is 3.55. The number of sulfonamides is 1. The number of hydrogen-bond acceptors (Lipinski definition) is 4. The Bertz CT molecular complexity index is 1200. The first-order valence-electron chi connectivity index (χ1n) is 9.61. The molecule has 8 heteroatoms. The lowest BCUT2D eigenvalue weighted by Gasteiger charge is -2.27. The molecule has 0 N–H and O–H groups in total. The van der Waals surface area contributed by atoms with E-state index in [1.165, 1.54) is 36.4 Å². The standard InChI is InChI=1S/C23H19FN2O4S/c24-18-13-11-17(12-14-18)16-25(31(29,30)20-9-5-2-6-10-20)21-15-22(27)26(23(21)28)19-7-3-1-4-8-19/h1-14,21H,15-16H2. The predicted octanol–water partition coefficient (Wildman–Crippen LogP) is 3.35. The van der Waals surface area contributed by atoms with E-state index in [1.807, 2.05) is 0 Å². The zero-order chi connectivity index (χ0) is 22.0. The number of carbonyl (C=O) groups is 2. The summed E-state index contributed by atoms with van der Waals surface area (Å²) in [5, 5.41) is 0. The van der Waals surface area contributed by atoms with E-state index < -0.39 is 33.7 Å². The topological polar surface area (TPSA) is 74.8 Å². The number of para-hydroxylation sites is 1. The molecule has 1 fully saturated rings. The van der Waals surface area contributed by atoms with E-state index in [0.29, 0.717) is 11.3 Å². The maximum atomic E-state index is 13.5. The largest absolute Gasteiger partial charge is 0.274 e. The van der Waals surface area contributed by atoms with Gasteiger partial charge in [0.2, 0.25) is 15.9 Å². The van der Waals surface area contributed by atoms with Crippen LogP contribution >= 0.6 is 0 Å². The van der Waals surface area contributed by atoms with Crippen LogP contribution in [0.4, 0.5) is 10.1 Å². The number of anilines is 1. The van der Waals surface area contributed by atoms with E-state index in [4.69, 9.17) is 0 Å². The van der Waals surface area contributed by atoms with Gasteiger partial charge in [0, 0.05) is 6.54 Å². The monoisotopic (exact) mass is 438 g/mol. The quantitative estimate of drug-likeness (QED) is 0.553. The third-order valence-electron chi connectivity index (χ3n) is 5.09. The lowest BCUT2D eigenvalue weighted by atomic mass is 10.2. The lowest BCUT2D eigenvalue weighted by Crippen LogP contribution is -2.45. The van der Waals surface area contributed by atoms with Crippen LogP contribution in [0.1, 0.15) is 12.0 Å². The van der Waals surface area contributed by atoms with Crippen molar-refractivity contribution in [2.45, 2.75) is 23.9 Å². The molecule has 1 saturated heterocycles. The number of nitrogens with zero attached hydrogens (tertiary/aromatic N) is 2. The second-order valence-electron chi connectivity index (χ2n) is 7.11. The number of benzene rings is 3. The number of imide groups is 1.